The molecule has 0 aromatic carbocycles. The van der Waals surface area contributed by atoms with Crippen molar-refractivity contribution in [1.82, 2.24) is 4.90 Å². The number of hydrogen-bond donors (Lipinski definition) is 2. The van der Waals surface area contributed by atoms with Crippen LogP contribution in [-0.2, 0) is 4.74 Å². The molecule has 74 valence electrons. The molecule has 0 aliphatic carbocycles. The minimum absolute atomic E-state index is 0.292. The number of nitrogens with two attached hydrogens (primary N) is 1. The molecule has 2 saturated heterocycles. The molecule has 2 rings (SSSR count). The lowest BCUT2D eigenvalue weighted by Crippen LogP contribution is -2.33. The Hall–Kier alpha value is -0.810. The molecule has 13 heavy (non-hydrogen) atoms. The molecule has 0 amide bonds. The number of oxime groups is 1. The summed E-state index contributed by atoms with van der Waals surface area (Å²) in [4.78, 5) is 2.22. The fraction of sp³-hybridized carbons (Fsp3) is 0.875. The summed E-state index contributed by atoms with van der Waals surface area (Å²) >= 11 is 0. The summed E-state index contributed by atoms with van der Waals surface area (Å²) in [6.45, 7) is 4.35. The summed E-state index contributed by atoms with van der Waals surface area (Å²) < 4.78 is 5.35. The largest absolute Gasteiger partial charge is 0.409 e. The number of ether oxygens (including phenoxy) is 1. The van der Waals surface area contributed by atoms with E-state index in [9.17, 15) is 0 Å². The van der Waals surface area contributed by atoms with Crippen molar-refractivity contribution in [3.63, 3.8) is 0 Å². The molecule has 5 nitrogen and oxygen atoms in total. The number of likely N-dealkylation sites (tertiary alicyclic amines) is 1. The molecular formula is C8H15N3O2. The highest BCUT2D eigenvalue weighted by Crippen LogP contribution is 2.28. The monoisotopic (exact) mass is 185 g/mol. The van der Waals surface area contributed by atoms with Crippen molar-refractivity contribution < 1.29 is 9.94 Å². The Morgan fingerprint density at radius 2 is 2.08 bits per heavy atom. The van der Waals surface area contributed by atoms with Crippen LogP contribution < -0.4 is 5.73 Å². The Balaban J connectivity index is 1.85. The highest BCUT2D eigenvalue weighted by atomic mass is 16.5. The van der Waals surface area contributed by atoms with Crippen molar-refractivity contribution >= 4 is 5.84 Å². The van der Waals surface area contributed by atoms with Crippen molar-refractivity contribution in [1.29, 1.82) is 0 Å². The van der Waals surface area contributed by atoms with Crippen LogP contribution in [0.15, 0.2) is 5.16 Å². The van der Waals surface area contributed by atoms with Crippen molar-refractivity contribution in [3.8, 4) is 0 Å². The maximum Gasteiger partial charge on any atom is 0.153 e. The van der Waals surface area contributed by atoms with Gasteiger partial charge in [0.05, 0.1) is 19.8 Å². The van der Waals surface area contributed by atoms with Crippen LogP contribution >= 0.6 is 0 Å². The van der Waals surface area contributed by atoms with Gasteiger partial charge in [0.25, 0.3) is 0 Å². The summed E-state index contributed by atoms with van der Waals surface area (Å²) in [5.41, 5.74) is 5.43. The molecule has 2 fully saturated rings. The minimum Gasteiger partial charge on any atom is -0.409 e. The van der Waals surface area contributed by atoms with Crippen LogP contribution in [0.5, 0.6) is 0 Å². The van der Waals surface area contributed by atoms with Gasteiger partial charge in [-0.3, -0.25) is 4.90 Å². The van der Waals surface area contributed by atoms with Crippen molar-refractivity contribution in [2.75, 3.05) is 32.8 Å². The number of nitrogens with zero attached hydrogens (tertiary/aromatic N) is 2. The summed E-state index contributed by atoms with van der Waals surface area (Å²) in [5.74, 6) is 1.61. The Labute approximate surface area is 77.1 Å². The molecule has 0 aromatic heterocycles. The first-order chi connectivity index (χ1) is 6.29. The van der Waals surface area contributed by atoms with Crippen LogP contribution in [0.1, 0.15) is 0 Å². The van der Waals surface area contributed by atoms with E-state index in [1.807, 2.05) is 0 Å². The zero-order valence-corrected chi connectivity index (χ0v) is 7.52. The van der Waals surface area contributed by atoms with Gasteiger partial charge in [-0.15, -0.1) is 0 Å². The van der Waals surface area contributed by atoms with Crippen molar-refractivity contribution in [3.05, 3.63) is 0 Å². The average molecular weight is 185 g/mol. The quantitative estimate of drug-likeness (QED) is 0.258. The molecule has 0 unspecified atom stereocenters. The topological polar surface area (TPSA) is 71.1 Å². The molecule has 0 saturated carbocycles. The van der Waals surface area contributed by atoms with Gasteiger partial charge in [-0.1, -0.05) is 5.16 Å². The molecule has 0 aromatic rings. The van der Waals surface area contributed by atoms with Crippen molar-refractivity contribution in [2.24, 2.45) is 22.7 Å². The van der Waals surface area contributed by atoms with E-state index in [0.717, 1.165) is 26.3 Å². The van der Waals surface area contributed by atoms with Crippen LogP contribution in [0.2, 0.25) is 0 Å². The third kappa shape index (κ3) is 1.76. The number of fused-ring (bicyclic) bond motifs is 1. The molecule has 2 atom stereocenters. The molecule has 3 N–H and O–H groups in total. The van der Waals surface area contributed by atoms with Gasteiger partial charge in [-0.2, -0.15) is 0 Å². The second-order valence-corrected chi connectivity index (χ2v) is 3.84. The van der Waals surface area contributed by atoms with Gasteiger partial charge < -0.3 is 15.7 Å². The SMILES string of the molecule is NC(CN1C[C@H]2COC[C@@H]2C1)=NO. The van der Waals surface area contributed by atoms with E-state index in [1.165, 1.54) is 0 Å². The normalized spacial score (nSPS) is 35.2. The molecule has 0 spiro atoms. The van der Waals surface area contributed by atoms with Crippen molar-refractivity contribution in [2.45, 2.75) is 0 Å². The van der Waals surface area contributed by atoms with Gasteiger partial charge in [0.2, 0.25) is 0 Å². The zero-order chi connectivity index (χ0) is 9.26. The van der Waals surface area contributed by atoms with E-state index < -0.39 is 0 Å². The van der Waals surface area contributed by atoms with Crippen LogP contribution in [0.25, 0.3) is 0 Å². The molecule has 2 aliphatic heterocycles. The first-order valence-corrected chi connectivity index (χ1v) is 4.56. The predicted molar refractivity (Wildman–Crippen MR) is 47.6 cm³/mol. The van der Waals surface area contributed by atoms with Gasteiger partial charge in [-0.05, 0) is 0 Å². The molecule has 2 aliphatic rings. The summed E-state index contributed by atoms with van der Waals surface area (Å²) in [6, 6.07) is 0. The fourth-order valence-electron chi connectivity index (χ4n) is 2.17. The average Bonchev–Trinajstić information content (AvgIpc) is 2.63. The zero-order valence-electron chi connectivity index (χ0n) is 7.52. The van der Waals surface area contributed by atoms with E-state index in [0.29, 0.717) is 24.2 Å². The molecule has 0 bridgehead atoms. The van der Waals surface area contributed by atoms with Crippen LogP contribution in [0, 0.1) is 11.8 Å². The van der Waals surface area contributed by atoms with Gasteiger partial charge in [0.15, 0.2) is 5.84 Å². The van der Waals surface area contributed by atoms with Crippen LogP contribution in [-0.4, -0.2) is 48.8 Å². The third-order valence-corrected chi connectivity index (χ3v) is 2.83. The third-order valence-electron chi connectivity index (χ3n) is 2.83. The maximum absolute atomic E-state index is 8.41. The van der Waals surface area contributed by atoms with Crippen LogP contribution in [0.4, 0.5) is 0 Å². The maximum atomic E-state index is 8.41. The standard InChI is InChI=1S/C8H15N3O2/c9-8(10-12)3-11-1-6-4-13-5-7(6)2-11/h6-7,12H,1-5H2,(H2,9,10)/t6-,7-/m0/s1. The Bertz CT molecular complexity index is 207. The summed E-state index contributed by atoms with van der Waals surface area (Å²) in [6.07, 6.45) is 0. The molecule has 2 heterocycles. The first kappa shape index (κ1) is 8.77. The first-order valence-electron chi connectivity index (χ1n) is 4.56. The highest BCUT2D eigenvalue weighted by molar-refractivity contribution is 5.81. The molecule has 5 heteroatoms. The fourth-order valence-corrected chi connectivity index (χ4v) is 2.17. The minimum atomic E-state index is 0.292. The number of hydrogen-bond acceptors (Lipinski definition) is 4. The Kier molecular flexibility index (Phi) is 2.37. The summed E-state index contributed by atoms with van der Waals surface area (Å²) in [5, 5.41) is 11.4. The highest BCUT2D eigenvalue weighted by Gasteiger charge is 2.36. The van der Waals surface area contributed by atoms with E-state index in [2.05, 4.69) is 10.1 Å². The van der Waals surface area contributed by atoms with E-state index in [1.54, 1.807) is 0 Å². The molecular weight excluding hydrogens is 170 g/mol. The van der Waals surface area contributed by atoms with Gasteiger partial charge in [0.1, 0.15) is 0 Å². The second-order valence-electron chi connectivity index (χ2n) is 3.84. The lowest BCUT2D eigenvalue weighted by atomic mass is 10.0. The lowest BCUT2D eigenvalue weighted by molar-refractivity contribution is 0.158. The lowest BCUT2D eigenvalue weighted by Gasteiger charge is -2.14. The smallest absolute Gasteiger partial charge is 0.153 e. The van der Waals surface area contributed by atoms with Gasteiger partial charge >= 0.3 is 0 Å². The summed E-state index contributed by atoms with van der Waals surface area (Å²) in [7, 11) is 0. The van der Waals surface area contributed by atoms with Gasteiger partial charge in [0, 0.05) is 24.9 Å². The van der Waals surface area contributed by atoms with E-state index in [4.69, 9.17) is 15.7 Å². The Morgan fingerprint density at radius 3 is 2.62 bits per heavy atom. The van der Waals surface area contributed by atoms with Gasteiger partial charge in [-0.25, -0.2) is 0 Å². The second kappa shape index (κ2) is 3.51. The van der Waals surface area contributed by atoms with E-state index in [-0.39, 0.29) is 0 Å². The predicted octanol–water partition coefficient (Wildman–Crippen LogP) is -0.689. The molecule has 0 radical (unpaired) electrons. The Morgan fingerprint density at radius 1 is 1.46 bits per heavy atom. The number of amidine groups is 1. The number of rotatable bonds is 2. The van der Waals surface area contributed by atoms with E-state index >= 15 is 0 Å². The van der Waals surface area contributed by atoms with Crippen LogP contribution in [0.3, 0.4) is 0 Å².